The largest absolute Gasteiger partial charge is 0.297 e. The molecule has 0 radical (unpaired) electrons. The van der Waals surface area contributed by atoms with Gasteiger partial charge in [0.15, 0.2) is 5.69 Å². The number of nitrogens with zero attached hydrogens (tertiary/aromatic N) is 3. The van der Waals surface area contributed by atoms with Crippen molar-refractivity contribution in [2.75, 3.05) is 0 Å². The minimum Gasteiger partial charge on any atom is -0.283 e. The quantitative estimate of drug-likeness (QED) is 0.473. The molecule has 0 amide bonds. The van der Waals surface area contributed by atoms with Crippen LogP contribution in [-0.2, 0) is 7.05 Å². The molecule has 1 heterocycles. The van der Waals surface area contributed by atoms with Gasteiger partial charge in [0.25, 0.3) is 5.56 Å². The fourth-order valence-corrected chi connectivity index (χ4v) is 3.23. The van der Waals surface area contributed by atoms with Gasteiger partial charge in [0, 0.05) is 13.3 Å². The molecule has 0 aliphatic rings. The summed E-state index contributed by atoms with van der Waals surface area (Å²) in [5.74, 6) is 0. The van der Waals surface area contributed by atoms with Crippen molar-refractivity contribution in [2.45, 2.75) is 6.92 Å². The predicted octanol–water partition coefficient (Wildman–Crippen LogP) is 4.90. The van der Waals surface area contributed by atoms with Crippen LogP contribution >= 0.6 is 0 Å². The lowest BCUT2D eigenvalue weighted by molar-refractivity contribution is 0.630. The van der Waals surface area contributed by atoms with Crippen LogP contribution in [-0.4, -0.2) is 15.6 Å². The molecule has 138 valence electrons. The third-order valence-corrected chi connectivity index (χ3v) is 4.88. The van der Waals surface area contributed by atoms with E-state index in [0.717, 1.165) is 22.5 Å². The first-order chi connectivity index (χ1) is 13.6. The van der Waals surface area contributed by atoms with E-state index in [9.17, 15) is 4.79 Å². The highest BCUT2D eigenvalue weighted by Gasteiger charge is 2.14. The van der Waals surface area contributed by atoms with Crippen LogP contribution in [0.3, 0.4) is 0 Å². The van der Waals surface area contributed by atoms with E-state index in [4.69, 9.17) is 0 Å². The molecule has 0 aliphatic carbocycles. The van der Waals surface area contributed by atoms with Gasteiger partial charge in [-0.25, -0.2) is 9.67 Å². The Bertz CT molecular complexity index is 1170. The van der Waals surface area contributed by atoms with Gasteiger partial charge in [0.05, 0.1) is 11.4 Å². The van der Waals surface area contributed by atoms with Crippen LogP contribution in [0.1, 0.15) is 11.3 Å². The Balaban J connectivity index is 1.65. The number of para-hydroxylation sites is 1. The molecule has 0 N–H and O–H groups in total. The number of rotatable bonds is 4. The molecular formula is C24H21N3O. The summed E-state index contributed by atoms with van der Waals surface area (Å²) in [4.78, 5) is 17.4. The van der Waals surface area contributed by atoms with Crippen molar-refractivity contribution < 1.29 is 0 Å². The van der Waals surface area contributed by atoms with Gasteiger partial charge in [0.2, 0.25) is 0 Å². The maximum Gasteiger partial charge on any atom is 0.297 e. The van der Waals surface area contributed by atoms with Gasteiger partial charge in [-0.1, -0.05) is 72.8 Å². The highest BCUT2D eigenvalue weighted by atomic mass is 16.1. The van der Waals surface area contributed by atoms with Crippen LogP contribution in [0.25, 0.3) is 16.8 Å². The molecule has 4 rings (SSSR count). The second kappa shape index (κ2) is 7.53. The fourth-order valence-electron chi connectivity index (χ4n) is 3.23. The smallest absolute Gasteiger partial charge is 0.283 e. The number of aliphatic imine (C=N–C) groups is 1. The van der Waals surface area contributed by atoms with Gasteiger partial charge in [-0.05, 0) is 35.7 Å². The Morgan fingerprint density at radius 2 is 1.36 bits per heavy atom. The van der Waals surface area contributed by atoms with E-state index in [1.165, 1.54) is 5.56 Å². The van der Waals surface area contributed by atoms with E-state index in [2.05, 4.69) is 29.3 Å². The number of aromatic nitrogens is 2. The van der Waals surface area contributed by atoms with Gasteiger partial charge in [-0.2, -0.15) is 0 Å². The first-order valence-corrected chi connectivity index (χ1v) is 9.19. The summed E-state index contributed by atoms with van der Waals surface area (Å²) in [5.41, 5.74) is 5.27. The van der Waals surface area contributed by atoms with Crippen LogP contribution in [0.15, 0.2) is 94.7 Å². The lowest BCUT2D eigenvalue weighted by Gasteiger charge is -2.07. The zero-order valence-corrected chi connectivity index (χ0v) is 15.9. The van der Waals surface area contributed by atoms with E-state index in [1.807, 2.05) is 79.3 Å². The van der Waals surface area contributed by atoms with Crippen molar-refractivity contribution in [2.24, 2.45) is 12.0 Å². The Hall–Kier alpha value is -3.66. The van der Waals surface area contributed by atoms with E-state index >= 15 is 0 Å². The minimum absolute atomic E-state index is 0.122. The van der Waals surface area contributed by atoms with Crippen LogP contribution < -0.4 is 5.56 Å². The van der Waals surface area contributed by atoms with Crippen LogP contribution in [0.4, 0.5) is 5.69 Å². The summed E-state index contributed by atoms with van der Waals surface area (Å²) >= 11 is 0. The third-order valence-electron chi connectivity index (χ3n) is 4.88. The molecule has 0 saturated carbocycles. The normalized spacial score (nSPS) is 11.2. The summed E-state index contributed by atoms with van der Waals surface area (Å²) in [5, 5.41) is 0. The molecule has 4 nitrogen and oxygen atoms in total. The number of benzene rings is 3. The Morgan fingerprint density at radius 1 is 0.786 bits per heavy atom. The van der Waals surface area contributed by atoms with Gasteiger partial charge in [-0.3, -0.25) is 9.48 Å². The fraction of sp³-hybridized carbons (Fsp3) is 0.0833. The molecule has 0 atom stereocenters. The predicted molar refractivity (Wildman–Crippen MR) is 115 cm³/mol. The molecule has 0 fully saturated rings. The highest BCUT2D eigenvalue weighted by Crippen LogP contribution is 2.20. The van der Waals surface area contributed by atoms with E-state index in [1.54, 1.807) is 10.9 Å². The average molecular weight is 367 g/mol. The van der Waals surface area contributed by atoms with Crippen LogP contribution in [0.2, 0.25) is 0 Å². The molecule has 0 bridgehead atoms. The Morgan fingerprint density at radius 3 is 2.00 bits per heavy atom. The van der Waals surface area contributed by atoms with Gasteiger partial charge >= 0.3 is 0 Å². The first-order valence-electron chi connectivity index (χ1n) is 9.19. The molecule has 3 aromatic carbocycles. The zero-order chi connectivity index (χ0) is 19.5. The van der Waals surface area contributed by atoms with Gasteiger partial charge < -0.3 is 0 Å². The van der Waals surface area contributed by atoms with Gasteiger partial charge in [-0.15, -0.1) is 0 Å². The summed E-state index contributed by atoms with van der Waals surface area (Å²) < 4.78 is 3.48. The summed E-state index contributed by atoms with van der Waals surface area (Å²) in [6.45, 7) is 1.91. The maximum atomic E-state index is 12.9. The third kappa shape index (κ3) is 3.32. The van der Waals surface area contributed by atoms with Crippen molar-refractivity contribution in [1.82, 2.24) is 9.36 Å². The Labute approximate surface area is 164 Å². The molecule has 0 unspecified atom stereocenters. The van der Waals surface area contributed by atoms with Crippen molar-refractivity contribution in [3.05, 3.63) is 107 Å². The maximum absolute atomic E-state index is 12.9. The zero-order valence-electron chi connectivity index (χ0n) is 15.9. The first kappa shape index (κ1) is 17.7. The topological polar surface area (TPSA) is 39.3 Å². The summed E-state index contributed by atoms with van der Waals surface area (Å²) in [6, 6.07) is 28.0. The van der Waals surface area contributed by atoms with E-state index in [-0.39, 0.29) is 5.56 Å². The molecule has 0 saturated heterocycles. The van der Waals surface area contributed by atoms with E-state index < -0.39 is 0 Å². The molecule has 1 aromatic heterocycles. The SMILES string of the molecule is Cc1c(N=Cc2ccc(-c3ccccc3)cc2)c(=O)n(-c2ccccc2)n1C. The number of hydrogen-bond donors (Lipinski definition) is 0. The van der Waals surface area contributed by atoms with Gasteiger partial charge in [0.1, 0.15) is 0 Å². The number of hydrogen-bond acceptors (Lipinski definition) is 2. The molecular weight excluding hydrogens is 346 g/mol. The van der Waals surface area contributed by atoms with Crippen molar-refractivity contribution in [3.8, 4) is 16.8 Å². The lowest BCUT2D eigenvalue weighted by atomic mass is 10.0. The Kier molecular flexibility index (Phi) is 4.77. The van der Waals surface area contributed by atoms with Crippen LogP contribution in [0.5, 0.6) is 0 Å². The minimum atomic E-state index is -0.122. The second-order valence-electron chi connectivity index (χ2n) is 6.66. The highest BCUT2D eigenvalue weighted by molar-refractivity contribution is 5.83. The van der Waals surface area contributed by atoms with Crippen LogP contribution in [0, 0.1) is 6.92 Å². The average Bonchev–Trinajstić information content (AvgIpc) is 2.96. The monoisotopic (exact) mass is 367 g/mol. The standard InChI is InChI=1S/C24H21N3O/c1-18-23(24(28)27(26(18)2)22-11-7-4-8-12-22)25-17-19-13-15-21(16-14-19)20-9-5-3-6-10-20/h3-17H,1-2H3. The second-order valence-corrected chi connectivity index (χ2v) is 6.66. The summed E-state index contributed by atoms with van der Waals surface area (Å²) in [6.07, 6.45) is 1.74. The van der Waals surface area contributed by atoms with E-state index in [0.29, 0.717) is 5.69 Å². The molecule has 0 aliphatic heterocycles. The molecule has 4 aromatic rings. The molecule has 4 heteroatoms. The van der Waals surface area contributed by atoms with Crippen molar-refractivity contribution >= 4 is 11.9 Å². The molecule has 0 spiro atoms. The summed E-state index contributed by atoms with van der Waals surface area (Å²) in [7, 11) is 1.87. The molecule has 28 heavy (non-hydrogen) atoms. The van der Waals surface area contributed by atoms with Crippen molar-refractivity contribution in [1.29, 1.82) is 0 Å². The lowest BCUT2D eigenvalue weighted by Crippen LogP contribution is -2.19. The van der Waals surface area contributed by atoms with Crippen molar-refractivity contribution in [3.63, 3.8) is 0 Å².